The van der Waals surface area contributed by atoms with Crippen LogP contribution in [0.5, 0.6) is 5.75 Å². The normalized spacial score (nSPS) is 16.1. The van der Waals surface area contributed by atoms with Crippen LogP contribution in [0.25, 0.3) is 0 Å². The van der Waals surface area contributed by atoms with Gasteiger partial charge in [0.05, 0.1) is 5.25 Å². The van der Waals surface area contributed by atoms with Crippen molar-refractivity contribution in [1.82, 2.24) is 15.7 Å². The molecule has 1 heterocycles. The molecule has 1 aromatic rings. The van der Waals surface area contributed by atoms with Crippen molar-refractivity contribution in [2.24, 2.45) is 0 Å². The number of thioether (sulfide) groups is 1. The first-order chi connectivity index (χ1) is 13.2. The third-order valence-electron chi connectivity index (χ3n) is 4.71. The van der Waals surface area contributed by atoms with Gasteiger partial charge in [0.15, 0.2) is 0 Å². The standard InChI is InChI=1S/C20H33N3O3S/c1-2-3-4-5-6-19(20(24)22-25)27-18-9-7-17(8-10-18)26-16-15-23-13-11-21-12-14-23/h7-10,19,21,25H,2-6,11-16H2,1H3,(H,22,24). The third-order valence-corrected chi connectivity index (χ3v) is 5.99. The molecule has 1 atom stereocenters. The summed E-state index contributed by atoms with van der Waals surface area (Å²) in [4.78, 5) is 15.3. The number of nitrogens with one attached hydrogen (secondary N) is 2. The van der Waals surface area contributed by atoms with E-state index in [1.54, 1.807) is 5.48 Å². The topological polar surface area (TPSA) is 73.8 Å². The van der Waals surface area contributed by atoms with E-state index >= 15 is 0 Å². The first kappa shape index (κ1) is 22.0. The highest BCUT2D eigenvalue weighted by Gasteiger charge is 2.19. The largest absolute Gasteiger partial charge is 0.492 e. The second kappa shape index (κ2) is 13.0. The van der Waals surface area contributed by atoms with E-state index in [4.69, 9.17) is 9.94 Å². The summed E-state index contributed by atoms with van der Waals surface area (Å²) in [7, 11) is 0. The predicted molar refractivity (Wildman–Crippen MR) is 110 cm³/mol. The van der Waals surface area contributed by atoms with Crippen molar-refractivity contribution in [3.05, 3.63) is 24.3 Å². The van der Waals surface area contributed by atoms with E-state index in [0.717, 1.165) is 62.6 Å². The Morgan fingerprint density at radius 3 is 2.67 bits per heavy atom. The van der Waals surface area contributed by atoms with Crippen molar-refractivity contribution < 1.29 is 14.7 Å². The van der Waals surface area contributed by atoms with Crippen molar-refractivity contribution in [3.63, 3.8) is 0 Å². The molecule has 27 heavy (non-hydrogen) atoms. The molecular weight excluding hydrogens is 362 g/mol. The zero-order chi connectivity index (χ0) is 19.3. The fourth-order valence-corrected chi connectivity index (χ4v) is 4.14. The summed E-state index contributed by atoms with van der Waals surface area (Å²) < 4.78 is 5.84. The van der Waals surface area contributed by atoms with Crippen LogP contribution in [0.2, 0.25) is 0 Å². The maximum atomic E-state index is 11.9. The Hall–Kier alpha value is -1.28. The molecule has 2 rings (SSSR count). The minimum Gasteiger partial charge on any atom is -0.492 e. The summed E-state index contributed by atoms with van der Waals surface area (Å²) in [6.07, 6.45) is 5.22. The molecule has 6 nitrogen and oxygen atoms in total. The lowest BCUT2D eigenvalue weighted by Gasteiger charge is -2.26. The molecule has 0 spiro atoms. The molecule has 0 aromatic heterocycles. The van der Waals surface area contributed by atoms with Crippen LogP contribution in [0, 0.1) is 0 Å². The average Bonchev–Trinajstić information content (AvgIpc) is 2.71. The molecule has 1 aliphatic heterocycles. The lowest BCUT2D eigenvalue weighted by atomic mass is 10.1. The minimum atomic E-state index is -0.326. The molecule has 7 heteroatoms. The van der Waals surface area contributed by atoms with Gasteiger partial charge in [-0.15, -0.1) is 11.8 Å². The average molecular weight is 396 g/mol. The summed E-state index contributed by atoms with van der Waals surface area (Å²) in [6.45, 7) is 8.03. The van der Waals surface area contributed by atoms with Gasteiger partial charge in [-0.25, -0.2) is 5.48 Å². The van der Waals surface area contributed by atoms with Crippen molar-refractivity contribution in [1.29, 1.82) is 0 Å². The number of benzene rings is 1. The zero-order valence-electron chi connectivity index (χ0n) is 16.3. The SMILES string of the molecule is CCCCCCC(Sc1ccc(OCCN2CCNCC2)cc1)C(=O)NO. The molecule has 0 aliphatic carbocycles. The van der Waals surface area contributed by atoms with E-state index in [2.05, 4.69) is 17.1 Å². The molecule has 152 valence electrons. The van der Waals surface area contributed by atoms with E-state index in [0.29, 0.717) is 6.61 Å². The van der Waals surface area contributed by atoms with Crippen molar-refractivity contribution in [3.8, 4) is 5.75 Å². The monoisotopic (exact) mass is 395 g/mol. The van der Waals surface area contributed by atoms with E-state index < -0.39 is 0 Å². The van der Waals surface area contributed by atoms with Gasteiger partial charge in [-0.3, -0.25) is 14.9 Å². The molecule has 0 radical (unpaired) electrons. The van der Waals surface area contributed by atoms with Gasteiger partial charge in [-0.2, -0.15) is 0 Å². The molecule has 1 fully saturated rings. The summed E-state index contributed by atoms with van der Waals surface area (Å²) in [5, 5.41) is 12.1. The molecule has 1 saturated heterocycles. The minimum absolute atomic E-state index is 0.272. The first-order valence-corrected chi connectivity index (χ1v) is 10.9. The highest BCUT2D eigenvalue weighted by atomic mass is 32.2. The van der Waals surface area contributed by atoms with Crippen molar-refractivity contribution >= 4 is 17.7 Å². The number of ether oxygens (including phenoxy) is 1. The number of amides is 1. The number of carbonyl (C=O) groups excluding carboxylic acids is 1. The van der Waals surface area contributed by atoms with Gasteiger partial charge >= 0.3 is 0 Å². The number of rotatable bonds is 12. The summed E-state index contributed by atoms with van der Waals surface area (Å²) >= 11 is 1.49. The van der Waals surface area contributed by atoms with Crippen LogP contribution in [0.3, 0.4) is 0 Å². The molecule has 0 saturated carbocycles. The summed E-state index contributed by atoms with van der Waals surface area (Å²) in [5.74, 6) is 0.522. The summed E-state index contributed by atoms with van der Waals surface area (Å²) in [5.41, 5.74) is 1.80. The van der Waals surface area contributed by atoms with E-state index in [9.17, 15) is 4.79 Å². The Morgan fingerprint density at radius 2 is 2.00 bits per heavy atom. The van der Waals surface area contributed by atoms with Gasteiger partial charge in [0.1, 0.15) is 12.4 Å². The summed E-state index contributed by atoms with van der Waals surface area (Å²) in [6, 6.07) is 7.86. The number of hydrogen-bond donors (Lipinski definition) is 3. The maximum Gasteiger partial charge on any atom is 0.256 e. The van der Waals surface area contributed by atoms with Gasteiger partial charge in [-0.05, 0) is 30.7 Å². The Morgan fingerprint density at radius 1 is 1.26 bits per heavy atom. The van der Waals surface area contributed by atoms with Gasteiger partial charge in [0.25, 0.3) is 5.91 Å². The second-order valence-electron chi connectivity index (χ2n) is 6.84. The number of unbranched alkanes of at least 4 members (excludes halogenated alkanes) is 3. The van der Waals surface area contributed by atoms with Crippen LogP contribution in [0.4, 0.5) is 0 Å². The van der Waals surface area contributed by atoms with Crippen LogP contribution in [-0.2, 0) is 4.79 Å². The first-order valence-electron chi connectivity index (χ1n) is 9.99. The Balaban J connectivity index is 1.76. The quantitative estimate of drug-likeness (QED) is 0.219. The predicted octanol–water partition coefficient (Wildman–Crippen LogP) is 2.91. The molecule has 1 unspecified atom stereocenters. The number of hydrogen-bond acceptors (Lipinski definition) is 6. The fraction of sp³-hybridized carbons (Fsp3) is 0.650. The lowest BCUT2D eigenvalue weighted by molar-refractivity contribution is -0.128. The molecule has 1 amide bonds. The fourth-order valence-electron chi connectivity index (χ4n) is 3.08. The van der Waals surface area contributed by atoms with E-state index in [1.165, 1.54) is 24.6 Å². The second-order valence-corrected chi connectivity index (χ2v) is 8.12. The molecule has 1 aromatic carbocycles. The van der Waals surface area contributed by atoms with Gasteiger partial charge < -0.3 is 10.1 Å². The smallest absolute Gasteiger partial charge is 0.256 e. The van der Waals surface area contributed by atoms with Gasteiger partial charge in [0.2, 0.25) is 0 Å². The number of hydroxylamine groups is 1. The molecule has 1 aliphatic rings. The van der Waals surface area contributed by atoms with Crippen LogP contribution in [0.15, 0.2) is 29.2 Å². The Labute approximate surface area is 167 Å². The molecule has 0 bridgehead atoms. The molecule has 3 N–H and O–H groups in total. The number of carbonyl (C=O) groups is 1. The third kappa shape index (κ3) is 8.51. The van der Waals surface area contributed by atoms with Crippen LogP contribution in [-0.4, -0.2) is 60.6 Å². The maximum absolute atomic E-state index is 11.9. The van der Waals surface area contributed by atoms with Crippen LogP contribution in [0.1, 0.15) is 39.0 Å². The Bertz CT molecular complexity index is 536. The van der Waals surface area contributed by atoms with Crippen LogP contribution >= 0.6 is 11.8 Å². The van der Waals surface area contributed by atoms with E-state index in [1.807, 2.05) is 24.3 Å². The van der Waals surface area contributed by atoms with Gasteiger partial charge in [-0.1, -0.05) is 32.6 Å². The number of nitrogens with zero attached hydrogens (tertiary/aromatic N) is 1. The zero-order valence-corrected chi connectivity index (χ0v) is 17.1. The highest BCUT2D eigenvalue weighted by molar-refractivity contribution is 8.00. The van der Waals surface area contributed by atoms with Crippen LogP contribution < -0.4 is 15.5 Å². The number of piperazine rings is 1. The Kier molecular flexibility index (Phi) is 10.6. The van der Waals surface area contributed by atoms with Crippen molar-refractivity contribution in [2.75, 3.05) is 39.3 Å². The van der Waals surface area contributed by atoms with Crippen molar-refractivity contribution in [2.45, 2.75) is 49.2 Å². The molecular formula is C20H33N3O3S. The lowest BCUT2D eigenvalue weighted by Crippen LogP contribution is -2.44. The van der Waals surface area contributed by atoms with E-state index in [-0.39, 0.29) is 11.2 Å². The van der Waals surface area contributed by atoms with Gasteiger partial charge in [0, 0.05) is 37.6 Å². The highest BCUT2D eigenvalue weighted by Crippen LogP contribution is 2.28.